The Morgan fingerprint density at radius 1 is 1.30 bits per heavy atom. The van der Waals surface area contributed by atoms with Crippen LogP contribution in [0, 0.1) is 0 Å². The van der Waals surface area contributed by atoms with Gasteiger partial charge in [-0.05, 0) is 25.0 Å². The van der Waals surface area contributed by atoms with E-state index in [0.29, 0.717) is 0 Å². The van der Waals surface area contributed by atoms with Crippen LogP contribution in [-0.2, 0) is 6.42 Å². The van der Waals surface area contributed by atoms with Gasteiger partial charge in [0.15, 0.2) is 5.96 Å². The first-order chi connectivity index (χ1) is 9.22. The minimum absolute atomic E-state index is 0. The molecule has 1 heterocycles. The molecule has 0 atom stereocenters. The second-order valence-electron chi connectivity index (χ2n) is 4.74. The number of halogens is 1. The number of hydrogen-bond donors (Lipinski definition) is 2. The number of para-hydroxylation sites is 1. The predicted octanol–water partition coefficient (Wildman–Crippen LogP) is 2.86. The van der Waals surface area contributed by atoms with Crippen molar-refractivity contribution in [2.24, 2.45) is 4.99 Å². The number of benzene rings is 1. The predicted molar refractivity (Wildman–Crippen MR) is 97.1 cm³/mol. The van der Waals surface area contributed by atoms with Crippen LogP contribution in [0.1, 0.15) is 12.5 Å². The fraction of sp³-hybridized carbons (Fsp3) is 0.400. The second kappa shape index (κ2) is 8.14. The zero-order valence-corrected chi connectivity index (χ0v) is 14.6. The zero-order valence-electron chi connectivity index (χ0n) is 12.3. The molecule has 0 saturated heterocycles. The van der Waals surface area contributed by atoms with Crippen molar-refractivity contribution in [1.29, 1.82) is 0 Å². The molecule has 0 aliphatic rings. The maximum atomic E-state index is 4.61. The van der Waals surface area contributed by atoms with Crippen LogP contribution < -0.4 is 5.32 Å². The minimum Gasteiger partial charge on any atom is -0.361 e. The van der Waals surface area contributed by atoms with Crippen molar-refractivity contribution in [2.75, 3.05) is 27.2 Å². The SMILES string of the molecule is CCNC(=NCCc1c[nH]c2ccccc12)N(C)C.I. The summed E-state index contributed by atoms with van der Waals surface area (Å²) in [4.78, 5) is 9.92. The van der Waals surface area contributed by atoms with Gasteiger partial charge in [-0.2, -0.15) is 0 Å². The smallest absolute Gasteiger partial charge is 0.193 e. The van der Waals surface area contributed by atoms with Crippen molar-refractivity contribution in [3.05, 3.63) is 36.0 Å². The molecule has 20 heavy (non-hydrogen) atoms. The molecule has 0 aliphatic heterocycles. The van der Waals surface area contributed by atoms with E-state index in [1.807, 2.05) is 19.0 Å². The largest absolute Gasteiger partial charge is 0.361 e. The fourth-order valence-electron chi connectivity index (χ4n) is 2.13. The number of nitrogens with zero attached hydrogens (tertiary/aromatic N) is 2. The number of aliphatic imine (C=N–C) groups is 1. The standard InChI is InChI=1S/C15H22N4.HI/c1-4-16-15(19(2)3)17-10-9-12-11-18-14-8-6-5-7-13(12)14;/h5-8,11,18H,4,9-10H2,1-3H3,(H,16,17);1H. The number of nitrogens with one attached hydrogen (secondary N) is 2. The van der Waals surface area contributed by atoms with Gasteiger partial charge in [0, 0.05) is 44.3 Å². The zero-order chi connectivity index (χ0) is 13.7. The average Bonchev–Trinajstić information content (AvgIpc) is 2.81. The Kier molecular flexibility index (Phi) is 6.84. The van der Waals surface area contributed by atoms with Crippen molar-refractivity contribution < 1.29 is 0 Å². The molecule has 2 aromatic rings. The van der Waals surface area contributed by atoms with Crippen LogP contribution in [0.4, 0.5) is 0 Å². The number of H-pyrrole nitrogens is 1. The van der Waals surface area contributed by atoms with Crippen molar-refractivity contribution in [1.82, 2.24) is 15.2 Å². The van der Waals surface area contributed by atoms with Crippen molar-refractivity contribution in [2.45, 2.75) is 13.3 Å². The first kappa shape index (κ1) is 16.8. The highest BCUT2D eigenvalue weighted by Gasteiger charge is 2.03. The summed E-state index contributed by atoms with van der Waals surface area (Å²) in [5, 5.41) is 4.57. The summed E-state index contributed by atoms with van der Waals surface area (Å²) < 4.78 is 0. The van der Waals surface area contributed by atoms with Gasteiger partial charge in [0.2, 0.25) is 0 Å². The third-order valence-electron chi connectivity index (χ3n) is 3.08. The summed E-state index contributed by atoms with van der Waals surface area (Å²) >= 11 is 0. The number of aromatic amines is 1. The lowest BCUT2D eigenvalue weighted by atomic mass is 10.1. The number of guanidine groups is 1. The Morgan fingerprint density at radius 2 is 2.05 bits per heavy atom. The summed E-state index contributed by atoms with van der Waals surface area (Å²) in [5.74, 6) is 0.947. The first-order valence-electron chi connectivity index (χ1n) is 6.73. The van der Waals surface area contributed by atoms with E-state index in [2.05, 4.69) is 52.7 Å². The Labute approximate surface area is 137 Å². The average molecular weight is 386 g/mol. The molecule has 0 unspecified atom stereocenters. The highest BCUT2D eigenvalue weighted by atomic mass is 127. The van der Waals surface area contributed by atoms with E-state index in [0.717, 1.165) is 25.5 Å². The van der Waals surface area contributed by atoms with Gasteiger partial charge in [-0.25, -0.2) is 0 Å². The Bertz CT molecular complexity index is 560. The van der Waals surface area contributed by atoms with Crippen LogP contribution in [0.5, 0.6) is 0 Å². The molecule has 5 heteroatoms. The van der Waals surface area contributed by atoms with Gasteiger partial charge >= 0.3 is 0 Å². The van der Waals surface area contributed by atoms with Crippen LogP contribution in [0.3, 0.4) is 0 Å². The fourth-order valence-corrected chi connectivity index (χ4v) is 2.13. The molecule has 0 fully saturated rings. The second-order valence-corrected chi connectivity index (χ2v) is 4.74. The number of hydrogen-bond acceptors (Lipinski definition) is 1. The molecule has 0 radical (unpaired) electrons. The molecule has 110 valence electrons. The van der Waals surface area contributed by atoms with Gasteiger partial charge in [-0.1, -0.05) is 18.2 Å². The molecule has 1 aromatic carbocycles. The number of fused-ring (bicyclic) bond motifs is 1. The molecule has 2 N–H and O–H groups in total. The molecule has 0 amide bonds. The highest BCUT2D eigenvalue weighted by molar-refractivity contribution is 14.0. The Morgan fingerprint density at radius 3 is 2.75 bits per heavy atom. The monoisotopic (exact) mass is 386 g/mol. The van der Waals surface area contributed by atoms with Crippen LogP contribution in [0.25, 0.3) is 10.9 Å². The van der Waals surface area contributed by atoms with Crippen LogP contribution >= 0.6 is 24.0 Å². The van der Waals surface area contributed by atoms with E-state index >= 15 is 0 Å². The molecular formula is C15H23IN4. The van der Waals surface area contributed by atoms with Crippen molar-refractivity contribution >= 4 is 40.8 Å². The van der Waals surface area contributed by atoms with Gasteiger partial charge in [-0.3, -0.25) is 4.99 Å². The summed E-state index contributed by atoms with van der Waals surface area (Å²) in [7, 11) is 4.01. The lowest BCUT2D eigenvalue weighted by molar-refractivity contribution is 0.583. The summed E-state index contributed by atoms with van der Waals surface area (Å²) in [6.07, 6.45) is 3.04. The van der Waals surface area contributed by atoms with Gasteiger partial charge in [0.25, 0.3) is 0 Å². The van der Waals surface area contributed by atoms with Crippen molar-refractivity contribution in [3.63, 3.8) is 0 Å². The normalized spacial score (nSPS) is 11.2. The number of aromatic nitrogens is 1. The Balaban J connectivity index is 0.00000200. The van der Waals surface area contributed by atoms with E-state index in [-0.39, 0.29) is 24.0 Å². The van der Waals surface area contributed by atoms with Gasteiger partial charge in [0.05, 0.1) is 0 Å². The van der Waals surface area contributed by atoms with E-state index in [1.165, 1.54) is 16.5 Å². The van der Waals surface area contributed by atoms with Crippen LogP contribution in [0.2, 0.25) is 0 Å². The van der Waals surface area contributed by atoms with Crippen molar-refractivity contribution in [3.8, 4) is 0 Å². The quantitative estimate of drug-likeness (QED) is 0.482. The molecular weight excluding hydrogens is 363 g/mol. The maximum absolute atomic E-state index is 4.61. The topological polar surface area (TPSA) is 43.4 Å². The van der Waals surface area contributed by atoms with E-state index in [4.69, 9.17) is 0 Å². The molecule has 2 rings (SSSR count). The third-order valence-corrected chi connectivity index (χ3v) is 3.08. The highest BCUT2D eigenvalue weighted by Crippen LogP contribution is 2.17. The van der Waals surface area contributed by atoms with E-state index < -0.39 is 0 Å². The van der Waals surface area contributed by atoms with Crippen LogP contribution in [-0.4, -0.2) is 43.0 Å². The maximum Gasteiger partial charge on any atom is 0.193 e. The molecule has 0 bridgehead atoms. The third kappa shape index (κ3) is 4.13. The Hall–Kier alpha value is -1.24. The lowest BCUT2D eigenvalue weighted by Gasteiger charge is -2.16. The molecule has 0 saturated carbocycles. The molecule has 4 nitrogen and oxygen atoms in total. The minimum atomic E-state index is 0. The molecule has 1 aromatic heterocycles. The van der Waals surface area contributed by atoms with Gasteiger partial charge in [0.1, 0.15) is 0 Å². The summed E-state index contributed by atoms with van der Waals surface area (Å²) in [6.45, 7) is 3.77. The van der Waals surface area contributed by atoms with Gasteiger partial charge < -0.3 is 15.2 Å². The lowest BCUT2D eigenvalue weighted by Crippen LogP contribution is -2.36. The number of rotatable bonds is 4. The van der Waals surface area contributed by atoms with E-state index in [9.17, 15) is 0 Å². The van der Waals surface area contributed by atoms with Crippen LogP contribution in [0.15, 0.2) is 35.5 Å². The molecule has 0 aliphatic carbocycles. The molecule has 0 spiro atoms. The first-order valence-corrected chi connectivity index (χ1v) is 6.73. The van der Waals surface area contributed by atoms with Gasteiger partial charge in [-0.15, -0.1) is 24.0 Å². The summed E-state index contributed by atoms with van der Waals surface area (Å²) in [5.41, 5.74) is 2.52. The van der Waals surface area contributed by atoms with E-state index in [1.54, 1.807) is 0 Å². The summed E-state index contributed by atoms with van der Waals surface area (Å²) in [6, 6.07) is 8.39.